The lowest BCUT2D eigenvalue weighted by Gasteiger charge is -2.16. The van der Waals surface area contributed by atoms with Crippen molar-refractivity contribution in [3.05, 3.63) is 30.4 Å². The molecule has 1 fully saturated rings. The molecule has 8 heteroatoms. The molecule has 0 bridgehead atoms. The van der Waals surface area contributed by atoms with Gasteiger partial charge in [-0.1, -0.05) is 0 Å². The Morgan fingerprint density at radius 3 is 3.00 bits per heavy atom. The van der Waals surface area contributed by atoms with Crippen molar-refractivity contribution in [1.82, 2.24) is 24.0 Å². The highest BCUT2D eigenvalue weighted by molar-refractivity contribution is 7.90. The molecule has 3 heterocycles. The molecule has 22 heavy (non-hydrogen) atoms. The Hall–Kier alpha value is -1.51. The Labute approximate surface area is 130 Å². The van der Waals surface area contributed by atoms with Crippen molar-refractivity contribution in [2.24, 2.45) is 0 Å². The van der Waals surface area contributed by atoms with Crippen molar-refractivity contribution < 1.29 is 8.42 Å². The lowest BCUT2D eigenvalue weighted by atomic mass is 10.4. The molecule has 1 unspecified atom stereocenters. The van der Waals surface area contributed by atoms with Gasteiger partial charge in [-0.25, -0.2) is 23.1 Å². The van der Waals surface area contributed by atoms with E-state index < -0.39 is 10.0 Å². The maximum Gasteiger partial charge on any atom is 0.233 e. The van der Waals surface area contributed by atoms with E-state index in [4.69, 9.17) is 0 Å². The van der Waals surface area contributed by atoms with Crippen LogP contribution in [0.2, 0.25) is 0 Å². The van der Waals surface area contributed by atoms with E-state index in [0.717, 1.165) is 12.2 Å². The smallest absolute Gasteiger partial charge is 0.233 e. The predicted molar refractivity (Wildman–Crippen MR) is 83.9 cm³/mol. The van der Waals surface area contributed by atoms with Crippen LogP contribution in [0.5, 0.6) is 0 Å². The van der Waals surface area contributed by atoms with Gasteiger partial charge in [0, 0.05) is 37.7 Å². The first-order chi connectivity index (χ1) is 10.4. The van der Waals surface area contributed by atoms with E-state index >= 15 is 0 Å². The zero-order valence-corrected chi connectivity index (χ0v) is 13.6. The lowest BCUT2D eigenvalue weighted by molar-refractivity contribution is 0.327. The van der Waals surface area contributed by atoms with Crippen LogP contribution in [0, 0.1) is 0 Å². The first-order valence-corrected chi connectivity index (χ1v) is 9.01. The van der Waals surface area contributed by atoms with Gasteiger partial charge in [0.1, 0.15) is 0 Å². The molecule has 1 aliphatic rings. The minimum Gasteiger partial charge on any atom is -0.296 e. The monoisotopic (exact) mass is 323 g/mol. The van der Waals surface area contributed by atoms with Gasteiger partial charge in [0.25, 0.3) is 0 Å². The summed E-state index contributed by atoms with van der Waals surface area (Å²) in [6.07, 6.45) is 6.22. The second-order valence-electron chi connectivity index (χ2n) is 6.02. The van der Waals surface area contributed by atoms with Gasteiger partial charge in [0.15, 0.2) is 0 Å². The molecule has 120 valence electrons. The molecule has 0 spiro atoms. The van der Waals surface area contributed by atoms with E-state index in [1.807, 2.05) is 36.7 Å². The summed E-state index contributed by atoms with van der Waals surface area (Å²) >= 11 is 0. The van der Waals surface area contributed by atoms with Gasteiger partial charge in [0.05, 0.1) is 10.9 Å². The molecule has 0 saturated carbocycles. The Bertz CT molecular complexity index is 722. The van der Waals surface area contributed by atoms with Crippen LogP contribution < -0.4 is 4.72 Å². The zero-order valence-electron chi connectivity index (χ0n) is 12.8. The topological polar surface area (TPSA) is 79.6 Å². The molecule has 1 aliphatic heterocycles. The highest BCUT2D eigenvalue weighted by Gasteiger charge is 2.33. The molecule has 1 N–H and O–H groups in total. The van der Waals surface area contributed by atoms with Crippen LogP contribution in [0.3, 0.4) is 0 Å². The molecule has 0 amide bonds. The summed E-state index contributed by atoms with van der Waals surface area (Å²) in [6, 6.07) is 1.79. The molecule has 0 aliphatic carbocycles. The molecule has 3 rings (SSSR count). The van der Waals surface area contributed by atoms with E-state index in [1.165, 1.54) is 0 Å². The molecule has 1 saturated heterocycles. The van der Waals surface area contributed by atoms with Crippen molar-refractivity contribution >= 4 is 15.8 Å². The van der Waals surface area contributed by atoms with Crippen LogP contribution >= 0.6 is 0 Å². The van der Waals surface area contributed by atoms with Crippen molar-refractivity contribution in [3.63, 3.8) is 0 Å². The average molecular weight is 323 g/mol. The summed E-state index contributed by atoms with van der Waals surface area (Å²) in [7, 11) is -3.24. The minimum absolute atomic E-state index is 0.0661. The molecule has 7 nitrogen and oxygen atoms in total. The Balaban J connectivity index is 1.65. The van der Waals surface area contributed by atoms with Gasteiger partial charge >= 0.3 is 0 Å². The van der Waals surface area contributed by atoms with E-state index in [0.29, 0.717) is 25.3 Å². The number of imidazole rings is 1. The normalized spacial score (nSPS) is 20.2. The van der Waals surface area contributed by atoms with Gasteiger partial charge in [-0.2, -0.15) is 0 Å². The maximum absolute atomic E-state index is 12.2. The maximum atomic E-state index is 12.2. The van der Waals surface area contributed by atoms with Crippen LogP contribution in [0.25, 0.3) is 5.78 Å². The van der Waals surface area contributed by atoms with Crippen molar-refractivity contribution in [2.75, 3.05) is 13.1 Å². The van der Waals surface area contributed by atoms with E-state index in [9.17, 15) is 8.42 Å². The quantitative estimate of drug-likeness (QED) is 0.873. The van der Waals surface area contributed by atoms with E-state index in [1.54, 1.807) is 6.20 Å². The number of nitrogens with one attached hydrogen (secondary N) is 1. The average Bonchev–Trinajstić information content (AvgIpc) is 3.03. The van der Waals surface area contributed by atoms with Crippen molar-refractivity contribution in [3.8, 4) is 0 Å². The molecular weight excluding hydrogens is 302 g/mol. The van der Waals surface area contributed by atoms with Crippen molar-refractivity contribution in [1.29, 1.82) is 0 Å². The number of sulfonamides is 1. The second kappa shape index (κ2) is 5.94. The van der Waals surface area contributed by atoms with Gasteiger partial charge < -0.3 is 0 Å². The van der Waals surface area contributed by atoms with E-state index in [2.05, 4.69) is 19.6 Å². The molecule has 2 aromatic heterocycles. The van der Waals surface area contributed by atoms with Crippen LogP contribution in [0.4, 0.5) is 0 Å². The lowest BCUT2D eigenvalue weighted by Crippen LogP contribution is -2.39. The number of hydrogen-bond donors (Lipinski definition) is 1. The number of nitrogens with zero attached hydrogens (tertiary/aromatic N) is 4. The Kier molecular flexibility index (Phi) is 4.16. The minimum atomic E-state index is -3.24. The van der Waals surface area contributed by atoms with Gasteiger partial charge in [-0.05, 0) is 32.9 Å². The molecule has 1 atom stereocenters. The summed E-state index contributed by atoms with van der Waals surface area (Å²) in [5, 5.41) is -0.343. The fourth-order valence-corrected chi connectivity index (χ4v) is 4.48. The number of hydrogen-bond acceptors (Lipinski definition) is 5. The highest BCUT2D eigenvalue weighted by Crippen LogP contribution is 2.18. The first-order valence-electron chi connectivity index (χ1n) is 7.46. The van der Waals surface area contributed by atoms with Gasteiger partial charge in [-0.15, -0.1) is 0 Å². The third-order valence-electron chi connectivity index (χ3n) is 3.74. The van der Waals surface area contributed by atoms with E-state index in [-0.39, 0.29) is 11.3 Å². The van der Waals surface area contributed by atoms with Crippen LogP contribution in [-0.2, 0) is 16.6 Å². The Morgan fingerprint density at radius 2 is 2.27 bits per heavy atom. The number of fused-ring (bicyclic) bond motifs is 1. The summed E-state index contributed by atoms with van der Waals surface area (Å²) in [6.45, 7) is 5.65. The largest absolute Gasteiger partial charge is 0.296 e. The fourth-order valence-electron chi connectivity index (χ4n) is 2.80. The van der Waals surface area contributed by atoms with Gasteiger partial charge in [-0.3, -0.25) is 9.30 Å². The van der Waals surface area contributed by atoms with Crippen LogP contribution in [0.1, 0.15) is 26.0 Å². The van der Waals surface area contributed by atoms with Gasteiger partial charge in [0.2, 0.25) is 15.8 Å². The number of aromatic nitrogens is 3. The Morgan fingerprint density at radius 1 is 1.45 bits per heavy atom. The third-order valence-corrected chi connectivity index (χ3v) is 5.80. The predicted octanol–water partition coefficient (Wildman–Crippen LogP) is 0.631. The highest BCUT2D eigenvalue weighted by atomic mass is 32.2. The summed E-state index contributed by atoms with van der Waals surface area (Å²) in [4.78, 5) is 10.8. The zero-order chi connectivity index (χ0) is 15.7. The molecule has 2 aromatic rings. The SMILES string of the molecule is CC(C)NS(=O)(=O)C1CCN(Cc2cn3cccnc3n2)C1. The van der Waals surface area contributed by atoms with Crippen LogP contribution in [0.15, 0.2) is 24.7 Å². The van der Waals surface area contributed by atoms with Crippen molar-refractivity contribution in [2.45, 2.75) is 38.1 Å². The number of rotatable bonds is 5. The fraction of sp³-hybridized carbons (Fsp3) is 0.571. The molecular formula is C14H21N5O2S. The summed E-state index contributed by atoms with van der Waals surface area (Å²) in [5.41, 5.74) is 0.911. The number of likely N-dealkylation sites (tertiary alicyclic amines) is 1. The summed E-state index contributed by atoms with van der Waals surface area (Å²) in [5.74, 6) is 0.669. The molecule has 0 aromatic carbocycles. The third kappa shape index (κ3) is 3.29. The summed E-state index contributed by atoms with van der Waals surface area (Å²) < 4.78 is 29.0. The standard InChI is InChI=1S/C14H21N5O2S/c1-11(2)17-22(20,21)13-4-7-18(10-13)8-12-9-19-6-3-5-15-14(19)16-12/h3,5-6,9,11,13,17H,4,7-8,10H2,1-2H3. The van der Waals surface area contributed by atoms with Crippen LogP contribution in [-0.4, -0.2) is 52.1 Å². The second-order valence-corrected chi connectivity index (χ2v) is 8.01. The molecule has 0 radical (unpaired) electrons. The first kappa shape index (κ1) is 15.4.